The van der Waals surface area contributed by atoms with Gasteiger partial charge in [0.25, 0.3) is 0 Å². The molecule has 0 saturated carbocycles. The topological polar surface area (TPSA) is 70.9 Å². The van der Waals surface area contributed by atoms with E-state index in [1.54, 1.807) is 29.5 Å². The van der Waals surface area contributed by atoms with E-state index in [0.717, 1.165) is 21.7 Å². The van der Waals surface area contributed by atoms with Gasteiger partial charge < -0.3 is 9.84 Å². The van der Waals surface area contributed by atoms with E-state index < -0.39 is 0 Å². The van der Waals surface area contributed by atoms with Gasteiger partial charge in [-0.3, -0.25) is 10.3 Å². The summed E-state index contributed by atoms with van der Waals surface area (Å²) in [5.74, 6) is -0.0924. The van der Waals surface area contributed by atoms with Gasteiger partial charge in [-0.15, -0.1) is 11.3 Å². The van der Waals surface area contributed by atoms with E-state index in [0.29, 0.717) is 12.0 Å². The van der Waals surface area contributed by atoms with Gasteiger partial charge in [0.2, 0.25) is 0 Å². The minimum Gasteiger partial charge on any atom is -0.508 e. The number of phenolic OH excluding ortho intramolecular Hbond substituents is 1. The highest BCUT2D eigenvalue weighted by Gasteiger charge is 2.28. The molecule has 142 valence electrons. The fraction of sp³-hybridized carbons (Fsp3) is 0.182. The van der Waals surface area contributed by atoms with Gasteiger partial charge in [-0.1, -0.05) is 36.4 Å². The molecular formula is C22H20N2O3S. The Morgan fingerprint density at radius 1 is 1.14 bits per heavy atom. The Labute approximate surface area is 167 Å². The number of carbonyl (C=O) groups is 1. The fourth-order valence-corrected chi connectivity index (χ4v) is 4.10. The number of esters is 1. The number of methoxy groups -OCH3 is 1. The van der Waals surface area contributed by atoms with Crippen LogP contribution in [0.4, 0.5) is 0 Å². The molecule has 2 atom stereocenters. The first-order chi connectivity index (χ1) is 13.7. The zero-order valence-electron chi connectivity index (χ0n) is 15.3. The van der Waals surface area contributed by atoms with Crippen molar-refractivity contribution in [2.24, 2.45) is 4.99 Å². The van der Waals surface area contributed by atoms with E-state index in [4.69, 9.17) is 9.73 Å². The summed E-state index contributed by atoms with van der Waals surface area (Å²) in [7, 11) is 1.37. The zero-order chi connectivity index (χ0) is 19.5. The number of nitrogens with zero attached hydrogens (tertiary/aromatic N) is 1. The van der Waals surface area contributed by atoms with Gasteiger partial charge in [-0.05, 0) is 35.2 Å². The molecule has 0 amide bonds. The highest BCUT2D eigenvalue weighted by molar-refractivity contribution is 7.12. The number of benzene rings is 2. The molecule has 2 N–H and O–H groups in total. The van der Waals surface area contributed by atoms with Crippen LogP contribution < -0.4 is 5.32 Å². The molecule has 0 aliphatic carbocycles. The summed E-state index contributed by atoms with van der Waals surface area (Å²) in [4.78, 5) is 17.7. The standard InChI is InChI=1S/C22H20N2O3S/c1-27-22(26)15-10-8-14(9-11-15)21-23-17(16-5-2-3-6-19(16)25)13-18(24-21)20-7-4-12-28-20/h2-12,17,21,23,25H,13H2,1H3/t17-,21-/m0/s1. The van der Waals surface area contributed by atoms with E-state index in [2.05, 4.69) is 11.4 Å². The van der Waals surface area contributed by atoms with Gasteiger partial charge in [0.15, 0.2) is 0 Å². The Balaban J connectivity index is 1.69. The van der Waals surface area contributed by atoms with Crippen LogP contribution in [0.15, 0.2) is 71.0 Å². The number of nitrogens with one attached hydrogen (secondary N) is 1. The van der Waals surface area contributed by atoms with Crippen LogP contribution in [0.5, 0.6) is 5.75 Å². The van der Waals surface area contributed by atoms with Crippen molar-refractivity contribution in [2.75, 3.05) is 7.11 Å². The van der Waals surface area contributed by atoms with Crippen molar-refractivity contribution in [3.05, 3.63) is 87.6 Å². The van der Waals surface area contributed by atoms with Crippen molar-refractivity contribution in [2.45, 2.75) is 18.6 Å². The highest BCUT2D eigenvalue weighted by atomic mass is 32.1. The first-order valence-corrected chi connectivity index (χ1v) is 9.86. The summed E-state index contributed by atoms with van der Waals surface area (Å²) in [6.07, 6.45) is 0.414. The zero-order valence-corrected chi connectivity index (χ0v) is 16.1. The van der Waals surface area contributed by atoms with E-state index in [9.17, 15) is 9.90 Å². The number of aromatic hydroxyl groups is 1. The second kappa shape index (κ2) is 7.96. The van der Waals surface area contributed by atoms with Crippen LogP contribution in [0, 0.1) is 0 Å². The number of aliphatic imine (C=N–C) groups is 1. The summed E-state index contributed by atoms with van der Waals surface area (Å²) in [6, 6.07) is 18.6. The van der Waals surface area contributed by atoms with Crippen molar-refractivity contribution >= 4 is 23.0 Å². The van der Waals surface area contributed by atoms with Crippen LogP contribution in [0.25, 0.3) is 0 Å². The van der Waals surface area contributed by atoms with Crippen LogP contribution in [0.2, 0.25) is 0 Å². The molecule has 0 bridgehead atoms. The third-order valence-corrected chi connectivity index (χ3v) is 5.73. The van der Waals surface area contributed by atoms with Crippen LogP contribution in [0.1, 0.15) is 45.0 Å². The van der Waals surface area contributed by atoms with Gasteiger partial charge in [-0.2, -0.15) is 0 Å². The second-order valence-corrected chi connectivity index (χ2v) is 7.50. The summed E-state index contributed by atoms with van der Waals surface area (Å²) in [6.45, 7) is 0. The Kier molecular flexibility index (Phi) is 5.23. The lowest BCUT2D eigenvalue weighted by molar-refractivity contribution is 0.0600. The molecule has 28 heavy (non-hydrogen) atoms. The van der Waals surface area contributed by atoms with Crippen LogP contribution in [-0.4, -0.2) is 23.9 Å². The van der Waals surface area contributed by atoms with Gasteiger partial charge in [0.05, 0.1) is 18.4 Å². The first kappa shape index (κ1) is 18.4. The van der Waals surface area contributed by atoms with Gasteiger partial charge in [0.1, 0.15) is 11.9 Å². The first-order valence-electron chi connectivity index (χ1n) is 8.98. The number of rotatable bonds is 4. The molecule has 2 heterocycles. The Morgan fingerprint density at radius 2 is 1.93 bits per heavy atom. The lowest BCUT2D eigenvalue weighted by atomic mass is 9.96. The molecule has 1 aliphatic heterocycles. The maximum atomic E-state index is 11.7. The van der Waals surface area contributed by atoms with E-state index >= 15 is 0 Å². The Hall–Kier alpha value is -2.96. The van der Waals surface area contributed by atoms with Crippen molar-refractivity contribution < 1.29 is 14.6 Å². The average molecular weight is 392 g/mol. The molecule has 3 aromatic rings. The molecule has 4 rings (SSSR count). The van der Waals surface area contributed by atoms with Crippen molar-refractivity contribution in [1.82, 2.24) is 5.32 Å². The number of hydrogen-bond donors (Lipinski definition) is 2. The van der Waals surface area contributed by atoms with Crippen molar-refractivity contribution in [1.29, 1.82) is 0 Å². The second-order valence-electron chi connectivity index (χ2n) is 6.55. The Bertz CT molecular complexity index is 997. The summed E-state index contributed by atoms with van der Waals surface area (Å²) in [5.41, 5.74) is 3.30. The summed E-state index contributed by atoms with van der Waals surface area (Å²) < 4.78 is 4.77. The normalized spacial score (nSPS) is 19.1. The highest BCUT2D eigenvalue weighted by Crippen LogP contribution is 2.35. The van der Waals surface area contributed by atoms with Crippen LogP contribution in [0.3, 0.4) is 0 Å². The summed E-state index contributed by atoms with van der Waals surface area (Å²) in [5, 5.41) is 15.9. The number of phenols is 1. The van der Waals surface area contributed by atoms with E-state index in [1.807, 2.05) is 41.8 Å². The van der Waals surface area contributed by atoms with Crippen molar-refractivity contribution in [3.8, 4) is 5.75 Å². The number of thiophene rings is 1. The predicted octanol–water partition coefficient (Wildman–Crippen LogP) is 4.46. The van der Waals surface area contributed by atoms with E-state index in [-0.39, 0.29) is 23.9 Å². The molecule has 0 radical (unpaired) electrons. The lowest BCUT2D eigenvalue weighted by Gasteiger charge is -2.30. The minimum absolute atomic E-state index is 0.0684. The SMILES string of the molecule is COC(=O)c1ccc([C@@H]2N=C(c3cccs3)C[C@@H](c3ccccc3O)N2)cc1. The molecule has 0 unspecified atom stereocenters. The minimum atomic E-state index is -0.363. The lowest BCUT2D eigenvalue weighted by Crippen LogP contribution is -2.32. The smallest absolute Gasteiger partial charge is 0.337 e. The molecular weight excluding hydrogens is 372 g/mol. The van der Waals surface area contributed by atoms with Crippen LogP contribution >= 0.6 is 11.3 Å². The maximum Gasteiger partial charge on any atom is 0.337 e. The number of hydrogen-bond acceptors (Lipinski definition) is 6. The van der Waals surface area contributed by atoms with E-state index in [1.165, 1.54) is 7.11 Å². The third-order valence-electron chi connectivity index (χ3n) is 4.81. The third kappa shape index (κ3) is 3.69. The quantitative estimate of drug-likeness (QED) is 0.643. The Morgan fingerprint density at radius 3 is 2.61 bits per heavy atom. The van der Waals surface area contributed by atoms with Gasteiger partial charge in [0, 0.05) is 22.9 Å². The van der Waals surface area contributed by atoms with Crippen LogP contribution in [-0.2, 0) is 4.74 Å². The number of ether oxygens (including phenoxy) is 1. The molecule has 0 saturated heterocycles. The monoisotopic (exact) mass is 392 g/mol. The average Bonchev–Trinajstić information content (AvgIpc) is 3.28. The fourth-order valence-electron chi connectivity index (χ4n) is 3.37. The number of para-hydroxylation sites is 1. The number of carbonyl (C=O) groups excluding carboxylic acids is 1. The maximum absolute atomic E-state index is 11.7. The molecule has 0 fully saturated rings. The van der Waals surface area contributed by atoms with Gasteiger partial charge in [-0.25, -0.2) is 4.79 Å². The largest absolute Gasteiger partial charge is 0.508 e. The van der Waals surface area contributed by atoms with Crippen molar-refractivity contribution in [3.63, 3.8) is 0 Å². The van der Waals surface area contributed by atoms with Gasteiger partial charge >= 0.3 is 5.97 Å². The molecule has 1 aliphatic rings. The molecule has 2 aromatic carbocycles. The molecule has 0 spiro atoms. The summed E-state index contributed by atoms with van der Waals surface area (Å²) >= 11 is 1.66. The predicted molar refractivity (Wildman–Crippen MR) is 110 cm³/mol. The molecule has 5 nitrogen and oxygen atoms in total. The molecule has 1 aromatic heterocycles. The molecule has 6 heteroatoms.